The van der Waals surface area contributed by atoms with E-state index in [4.69, 9.17) is 21.4 Å². The minimum Gasteiger partial charge on any atom is -0.495 e. The van der Waals surface area contributed by atoms with E-state index in [0.717, 1.165) is 5.56 Å². The van der Waals surface area contributed by atoms with Crippen LogP contribution in [0.25, 0.3) is 0 Å². The van der Waals surface area contributed by atoms with Crippen molar-refractivity contribution in [3.05, 3.63) is 28.8 Å². The van der Waals surface area contributed by atoms with Gasteiger partial charge in [0.25, 0.3) is 0 Å². The molecule has 1 aromatic rings. The van der Waals surface area contributed by atoms with Crippen molar-refractivity contribution < 1.29 is 14.6 Å². The number of methoxy groups -OCH3 is 1. The fourth-order valence-corrected chi connectivity index (χ4v) is 1.67. The number of nitrogens with one attached hydrogen (secondary N) is 1. The Morgan fingerprint density at radius 1 is 1.62 bits per heavy atom. The number of hydrogen-bond acceptors (Lipinski definition) is 3. The van der Waals surface area contributed by atoms with Gasteiger partial charge in [-0.25, -0.2) is 0 Å². The van der Waals surface area contributed by atoms with Gasteiger partial charge in [-0.1, -0.05) is 17.7 Å². The first-order valence-electron chi connectivity index (χ1n) is 4.81. The van der Waals surface area contributed by atoms with Crippen LogP contribution in [0.1, 0.15) is 5.56 Å². The predicted molar refractivity (Wildman–Crippen MR) is 62.2 cm³/mol. The summed E-state index contributed by atoms with van der Waals surface area (Å²) in [6.45, 7) is 0. The monoisotopic (exact) mass is 243 g/mol. The Morgan fingerprint density at radius 3 is 2.75 bits per heavy atom. The third kappa shape index (κ3) is 3.12. The second kappa shape index (κ2) is 5.72. The topological polar surface area (TPSA) is 58.6 Å². The lowest BCUT2D eigenvalue weighted by Gasteiger charge is -2.12. The number of carboxylic acids is 1. The zero-order valence-electron chi connectivity index (χ0n) is 9.16. The van der Waals surface area contributed by atoms with E-state index in [9.17, 15) is 4.79 Å². The molecule has 5 heteroatoms. The Hall–Kier alpha value is -1.26. The van der Waals surface area contributed by atoms with Crippen LogP contribution < -0.4 is 10.1 Å². The number of carbonyl (C=O) groups is 1. The van der Waals surface area contributed by atoms with Crippen molar-refractivity contribution in [3.8, 4) is 5.75 Å². The molecule has 0 saturated carbocycles. The van der Waals surface area contributed by atoms with Crippen molar-refractivity contribution in [3.63, 3.8) is 0 Å². The third-order valence-electron chi connectivity index (χ3n) is 2.30. The van der Waals surface area contributed by atoms with Crippen LogP contribution in [0.15, 0.2) is 18.2 Å². The average molecular weight is 244 g/mol. The van der Waals surface area contributed by atoms with E-state index in [1.807, 2.05) is 0 Å². The van der Waals surface area contributed by atoms with Crippen LogP contribution in [0.5, 0.6) is 5.75 Å². The number of carboxylic acid groups (broad SMARTS) is 1. The van der Waals surface area contributed by atoms with Crippen LogP contribution in [0.2, 0.25) is 5.02 Å². The fraction of sp³-hybridized carbons (Fsp3) is 0.364. The molecule has 0 aliphatic carbocycles. The SMILES string of the molecule is CN[C@H](Cc1ccc(OC)c(Cl)c1)C(=O)O. The standard InChI is InChI=1S/C11H14ClNO3/c1-13-9(11(14)15)6-7-3-4-10(16-2)8(12)5-7/h3-5,9,13H,6H2,1-2H3,(H,14,15)/t9-/m1/s1. The molecule has 0 aromatic heterocycles. The lowest BCUT2D eigenvalue weighted by atomic mass is 10.1. The predicted octanol–water partition coefficient (Wildman–Crippen LogP) is 1.56. The first-order chi connectivity index (χ1) is 7.58. The maximum atomic E-state index is 10.8. The highest BCUT2D eigenvalue weighted by Crippen LogP contribution is 2.25. The largest absolute Gasteiger partial charge is 0.495 e. The Kier molecular flexibility index (Phi) is 4.58. The second-order valence-electron chi connectivity index (χ2n) is 3.35. The molecule has 0 heterocycles. The molecule has 0 saturated heterocycles. The summed E-state index contributed by atoms with van der Waals surface area (Å²) in [7, 11) is 3.15. The quantitative estimate of drug-likeness (QED) is 0.824. The molecule has 88 valence electrons. The minimum absolute atomic E-state index is 0.384. The van der Waals surface area contributed by atoms with Crippen LogP contribution in [-0.2, 0) is 11.2 Å². The maximum Gasteiger partial charge on any atom is 0.321 e. The first-order valence-corrected chi connectivity index (χ1v) is 5.18. The molecule has 0 unspecified atom stereocenters. The third-order valence-corrected chi connectivity index (χ3v) is 2.60. The highest BCUT2D eigenvalue weighted by molar-refractivity contribution is 6.32. The van der Waals surface area contributed by atoms with Crippen molar-refractivity contribution in [2.45, 2.75) is 12.5 Å². The van der Waals surface area contributed by atoms with Gasteiger partial charge in [0.05, 0.1) is 12.1 Å². The van der Waals surface area contributed by atoms with Gasteiger partial charge >= 0.3 is 5.97 Å². The Labute approximate surface area is 99.2 Å². The van der Waals surface area contributed by atoms with E-state index in [1.165, 1.54) is 7.11 Å². The molecular weight excluding hydrogens is 230 g/mol. The molecule has 0 aliphatic rings. The molecule has 1 rings (SSSR count). The van der Waals surface area contributed by atoms with Gasteiger partial charge in [-0.3, -0.25) is 4.79 Å². The molecule has 0 aliphatic heterocycles. The Bertz CT molecular complexity index is 381. The Balaban J connectivity index is 2.81. The van der Waals surface area contributed by atoms with E-state index in [0.29, 0.717) is 17.2 Å². The molecule has 0 radical (unpaired) electrons. The van der Waals surface area contributed by atoms with Gasteiger partial charge in [-0.15, -0.1) is 0 Å². The summed E-state index contributed by atoms with van der Waals surface area (Å²) in [6, 6.07) is 4.64. The second-order valence-corrected chi connectivity index (χ2v) is 3.76. The lowest BCUT2D eigenvalue weighted by Crippen LogP contribution is -2.35. The van der Waals surface area contributed by atoms with E-state index in [-0.39, 0.29) is 0 Å². The van der Waals surface area contributed by atoms with Crippen molar-refractivity contribution in [1.82, 2.24) is 5.32 Å². The molecule has 0 spiro atoms. The summed E-state index contributed by atoms with van der Waals surface area (Å²) in [5.74, 6) is -0.295. The average Bonchev–Trinajstić information content (AvgIpc) is 2.25. The summed E-state index contributed by atoms with van der Waals surface area (Å²) in [6.07, 6.45) is 0.384. The summed E-state index contributed by atoms with van der Waals surface area (Å²) in [4.78, 5) is 10.8. The fourth-order valence-electron chi connectivity index (χ4n) is 1.39. The molecule has 4 nitrogen and oxygen atoms in total. The zero-order valence-corrected chi connectivity index (χ0v) is 9.91. The smallest absolute Gasteiger partial charge is 0.321 e. The van der Waals surface area contributed by atoms with Gasteiger partial charge in [-0.2, -0.15) is 0 Å². The summed E-state index contributed by atoms with van der Waals surface area (Å²) < 4.78 is 5.01. The number of halogens is 1. The van der Waals surface area contributed by atoms with E-state index in [1.54, 1.807) is 25.2 Å². The number of benzene rings is 1. The van der Waals surface area contributed by atoms with Crippen LogP contribution in [0.3, 0.4) is 0 Å². The normalized spacial score (nSPS) is 12.2. The maximum absolute atomic E-state index is 10.8. The molecule has 1 aromatic carbocycles. The number of hydrogen-bond donors (Lipinski definition) is 2. The van der Waals surface area contributed by atoms with Crippen LogP contribution in [0, 0.1) is 0 Å². The summed E-state index contributed by atoms with van der Waals surface area (Å²) >= 11 is 5.94. The lowest BCUT2D eigenvalue weighted by molar-refractivity contribution is -0.139. The van der Waals surface area contributed by atoms with Gasteiger partial charge in [-0.05, 0) is 31.2 Å². The molecule has 0 bridgehead atoms. The molecular formula is C11H14ClNO3. The number of rotatable bonds is 5. The van der Waals surface area contributed by atoms with Crippen molar-refractivity contribution in [2.24, 2.45) is 0 Å². The van der Waals surface area contributed by atoms with Gasteiger partial charge < -0.3 is 15.2 Å². The van der Waals surface area contributed by atoms with Crippen molar-refractivity contribution in [1.29, 1.82) is 0 Å². The van der Waals surface area contributed by atoms with E-state index < -0.39 is 12.0 Å². The molecule has 16 heavy (non-hydrogen) atoms. The molecule has 0 amide bonds. The van der Waals surface area contributed by atoms with Crippen molar-refractivity contribution in [2.75, 3.05) is 14.2 Å². The van der Waals surface area contributed by atoms with Crippen molar-refractivity contribution >= 4 is 17.6 Å². The first kappa shape index (κ1) is 12.8. The number of ether oxygens (including phenoxy) is 1. The Morgan fingerprint density at radius 2 is 2.31 bits per heavy atom. The highest BCUT2D eigenvalue weighted by atomic mass is 35.5. The number of likely N-dealkylation sites (N-methyl/N-ethyl adjacent to an activating group) is 1. The van der Waals surface area contributed by atoms with E-state index in [2.05, 4.69) is 5.32 Å². The molecule has 2 N–H and O–H groups in total. The summed E-state index contributed by atoms with van der Waals surface area (Å²) in [5.41, 5.74) is 0.854. The van der Waals surface area contributed by atoms with Gasteiger partial charge in [0.1, 0.15) is 11.8 Å². The zero-order chi connectivity index (χ0) is 12.1. The van der Waals surface area contributed by atoms with Gasteiger partial charge in [0, 0.05) is 0 Å². The van der Waals surface area contributed by atoms with Crippen LogP contribution >= 0.6 is 11.6 Å². The summed E-state index contributed by atoms with van der Waals surface area (Å²) in [5, 5.41) is 12.1. The van der Waals surface area contributed by atoms with Crippen LogP contribution in [-0.4, -0.2) is 31.3 Å². The number of aliphatic carboxylic acids is 1. The van der Waals surface area contributed by atoms with Gasteiger partial charge in [0.15, 0.2) is 0 Å². The van der Waals surface area contributed by atoms with Gasteiger partial charge in [0.2, 0.25) is 0 Å². The van der Waals surface area contributed by atoms with Crippen LogP contribution in [0.4, 0.5) is 0 Å². The molecule has 1 atom stereocenters. The van der Waals surface area contributed by atoms with E-state index >= 15 is 0 Å². The highest BCUT2D eigenvalue weighted by Gasteiger charge is 2.15. The molecule has 0 fully saturated rings. The minimum atomic E-state index is -0.880.